The fourth-order valence-electron chi connectivity index (χ4n) is 1.82. The second-order valence-electron chi connectivity index (χ2n) is 4.22. The van der Waals surface area contributed by atoms with Crippen LogP contribution in [0.3, 0.4) is 0 Å². The van der Waals surface area contributed by atoms with Gasteiger partial charge in [-0.3, -0.25) is 14.8 Å². The molecule has 0 aliphatic carbocycles. The van der Waals surface area contributed by atoms with Gasteiger partial charge in [-0.1, -0.05) is 6.92 Å². The zero-order valence-corrected chi connectivity index (χ0v) is 11.0. The number of hydrogen-bond acceptors (Lipinski definition) is 5. The maximum atomic E-state index is 11.0. The lowest BCUT2D eigenvalue weighted by Crippen LogP contribution is -2.01. The van der Waals surface area contributed by atoms with Gasteiger partial charge in [0.2, 0.25) is 5.82 Å². The van der Waals surface area contributed by atoms with Gasteiger partial charge in [-0.05, 0) is 19.4 Å². The molecule has 0 aliphatic rings. The van der Waals surface area contributed by atoms with Crippen LogP contribution < -0.4 is 5.32 Å². The van der Waals surface area contributed by atoms with E-state index in [-0.39, 0.29) is 11.5 Å². The summed E-state index contributed by atoms with van der Waals surface area (Å²) in [4.78, 5) is 14.7. The Bertz CT molecular complexity index is 621. The Kier molecular flexibility index (Phi) is 3.46. The van der Waals surface area contributed by atoms with Crippen molar-refractivity contribution in [3.63, 3.8) is 0 Å². The van der Waals surface area contributed by atoms with Crippen LogP contribution in [0.5, 0.6) is 0 Å². The molecule has 0 saturated carbocycles. The minimum Gasteiger partial charge on any atom is -0.332 e. The predicted molar refractivity (Wildman–Crippen MR) is 71.5 cm³/mol. The number of nitro groups is 1. The van der Waals surface area contributed by atoms with Gasteiger partial charge >= 0.3 is 5.69 Å². The molecule has 7 nitrogen and oxygen atoms in total. The first kappa shape index (κ1) is 13.0. The number of nitrogens with zero attached hydrogens (tertiary/aromatic N) is 4. The zero-order chi connectivity index (χ0) is 14.0. The minimum atomic E-state index is -0.448. The fourth-order valence-corrected chi connectivity index (χ4v) is 1.82. The Balaban J connectivity index is 2.42. The van der Waals surface area contributed by atoms with Crippen molar-refractivity contribution in [1.29, 1.82) is 0 Å². The Morgan fingerprint density at radius 1 is 1.47 bits per heavy atom. The largest absolute Gasteiger partial charge is 0.332 e. The van der Waals surface area contributed by atoms with Gasteiger partial charge in [0.25, 0.3) is 0 Å². The molecule has 0 aliphatic heterocycles. The highest BCUT2D eigenvalue weighted by Gasteiger charge is 2.17. The van der Waals surface area contributed by atoms with Crippen molar-refractivity contribution < 1.29 is 4.92 Å². The molecule has 2 aromatic heterocycles. The molecule has 2 rings (SSSR count). The quantitative estimate of drug-likeness (QED) is 0.674. The number of aromatic nitrogens is 3. The van der Waals surface area contributed by atoms with Gasteiger partial charge in [0.1, 0.15) is 0 Å². The third kappa shape index (κ3) is 2.70. The molecular weight excluding hydrogens is 246 g/mol. The Hall–Kier alpha value is -2.44. The average molecular weight is 261 g/mol. The van der Waals surface area contributed by atoms with E-state index >= 15 is 0 Å². The summed E-state index contributed by atoms with van der Waals surface area (Å²) in [5, 5.41) is 18.3. The topological polar surface area (TPSA) is 85.9 Å². The molecule has 0 unspecified atom stereocenters. The third-order valence-electron chi connectivity index (χ3n) is 2.70. The highest BCUT2D eigenvalue weighted by atomic mass is 16.6. The lowest BCUT2D eigenvalue weighted by atomic mass is 10.3. The number of aryl methyl sites for hydroxylation is 3. The van der Waals surface area contributed by atoms with Crippen LogP contribution in [-0.4, -0.2) is 19.7 Å². The molecule has 100 valence electrons. The molecule has 0 spiro atoms. The van der Waals surface area contributed by atoms with Gasteiger partial charge in [0.15, 0.2) is 0 Å². The molecule has 0 amide bonds. The normalized spacial score (nSPS) is 10.5. The van der Waals surface area contributed by atoms with Crippen LogP contribution in [0.4, 0.5) is 17.2 Å². The van der Waals surface area contributed by atoms with Crippen molar-refractivity contribution in [3.8, 4) is 0 Å². The average Bonchev–Trinajstić information content (AvgIpc) is 2.69. The summed E-state index contributed by atoms with van der Waals surface area (Å²) >= 11 is 0. The van der Waals surface area contributed by atoms with Crippen LogP contribution in [-0.2, 0) is 13.5 Å². The van der Waals surface area contributed by atoms with Crippen LogP contribution in [0.15, 0.2) is 18.3 Å². The standard InChI is InChI=1S/C12H15N5O2/c1-4-9-10(7-16(3)15-9)14-12-11(17(18)19)6-5-8(2)13-12/h5-7H,4H2,1-3H3,(H,13,14). The molecule has 0 saturated heterocycles. The molecule has 0 atom stereocenters. The summed E-state index contributed by atoms with van der Waals surface area (Å²) in [6.07, 6.45) is 2.52. The minimum absolute atomic E-state index is 0.0449. The van der Waals surface area contributed by atoms with Crippen molar-refractivity contribution in [2.75, 3.05) is 5.32 Å². The summed E-state index contributed by atoms with van der Waals surface area (Å²) in [7, 11) is 1.81. The fraction of sp³-hybridized carbons (Fsp3) is 0.333. The number of pyridine rings is 1. The van der Waals surface area contributed by atoms with E-state index in [0.29, 0.717) is 0 Å². The smallest absolute Gasteiger partial charge is 0.311 e. The van der Waals surface area contributed by atoms with Crippen LogP contribution in [0, 0.1) is 17.0 Å². The van der Waals surface area contributed by atoms with Crippen molar-refractivity contribution >= 4 is 17.2 Å². The van der Waals surface area contributed by atoms with E-state index in [1.54, 1.807) is 23.9 Å². The van der Waals surface area contributed by atoms with E-state index in [1.165, 1.54) is 6.07 Å². The second-order valence-corrected chi connectivity index (χ2v) is 4.22. The highest BCUT2D eigenvalue weighted by molar-refractivity contribution is 5.66. The molecule has 7 heteroatoms. The Morgan fingerprint density at radius 2 is 2.21 bits per heavy atom. The molecule has 19 heavy (non-hydrogen) atoms. The molecule has 0 fully saturated rings. The van der Waals surface area contributed by atoms with E-state index in [2.05, 4.69) is 15.4 Å². The van der Waals surface area contributed by atoms with Gasteiger partial charge in [0, 0.05) is 25.0 Å². The lowest BCUT2D eigenvalue weighted by molar-refractivity contribution is -0.384. The van der Waals surface area contributed by atoms with Crippen molar-refractivity contribution in [3.05, 3.63) is 39.8 Å². The summed E-state index contributed by atoms with van der Waals surface area (Å²) < 4.78 is 1.67. The van der Waals surface area contributed by atoms with E-state index < -0.39 is 4.92 Å². The summed E-state index contributed by atoms with van der Waals surface area (Å²) in [5.41, 5.74) is 2.26. The second kappa shape index (κ2) is 5.05. The molecule has 0 radical (unpaired) electrons. The zero-order valence-electron chi connectivity index (χ0n) is 11.0. The lowest BCUT2D eigenvalue weighted by Gasteiger charge is -2.06. The maximum Gasteiger partial charge on any atom is 0.311 e. The van der Waals surface area contributed by atoms with Crippen molar-refractivity contribution in [2.24, 2.45) is 7.05 Å². The van der Waals surface area contributed by atoms with E-state index in [1.807, 2.05) is 14.0 Å². The van der Waals surface area contributed by atoms with E-state index in [9.17, 15) is 10.1 Å². The van der Waals surface area contributed by atoms with E-state index in [4.69, 9.17) is 0 Å². The van der Waals surface area contributed by atoms with Crippen molar-refractivity contribution in [1.82, 2.24) is 14.8 Å². The Morgan fingerprint density at radius 3 is 2.84 bits per heavy atom. The summed E-state index contributed by atoms with van der Waals surface area (Å²) in [6.45, 7) is 3.77. The number of rotatable bonds is 4. The number of hydrogen-bond donors (Lipinski definition) is 1. The first-order valence-electron chi connectivity index (χ1n) is 5.93. The van der Waals surface area contributed by atoms with Crippen LogP contribution in [0.25, 0.3) is 0 Å². The van der Waals surface area contributed by atoms with Gasteiger partial charge in [-0.2, -0.15) is 5.10 Å². The SMILES string of the molecule is CCc1nn(C)cc1Nc1nc(C)ccc1[N+](=O)[O-]. The summed E-state index contributed by atoms with van der Waals surface area (Å²) in [6, 6.07) is 3.07. The number of nitrogens with one attached hydrogen (secondary N) is 1. The first-order valence-corrected chi connectivity index (χ1v) is 5.93. The summed E-state index contributed by atoms with van der Waals surface area (Å²) in [5.74, 6) is 0.243. The van der Waals surface area contributed by atoms with Gasteiger partial charge in [-0.25, -0.2) is 4.98 Å². The monoisotopic (exact) mass is 261 g/mol. The van der Waals surface area contributed by atoms with Crippen LogP contribution in [0.1, 0.15) is 18.3 Å². The molecule has 0 bridgehead atoms. The van der Waals surface area contributed by atoms with Gasteiger partial charge in [0.05, 0.1) is 16.3 Å². The third-order valence-corrected chi connectivity index (χ3v) is 2.70. The maximum absolute atomic E-state index is 11.0. The Labute approximate surface area is 110 Å². The first-order chi connectivity index (χ1) is 9.01. The highest BCUT2D eigenvalue weighted by Crippen LogP contribution is 2.27. The van der Waals surface area contributed by atoms with Crippen molar-refractivity contribution in [2.45, 2.75) is 20.3 Å². The predicted octanol–water partition coefficient (Wildman–Crippen LogP) is 2.34. The molecule has 2 heterocycles. The van der Waals surface area contributed by atoms with Crippen LogP contribution in [0.2, 0.25) is 0 Å². The number of anilines is 2. The molecular formula is C12H15N5O2. The molecule has 1 N–H and O–H groups in total. The van der Waals surface area contributed by atoms with Gasteiger partial charge < -0.3 is 5.32 Å². The van der Waals surface area contributed by atoms with E-state index in [0.717, 1.165) is 23.5 Å². The molecule has 0 aromatic carbocycles. The van der Waals surface area contributed by atoms with Crippen LogP contribution >= 0.6 is 0 Å². The van der Waals surface area contributed by atoms with Gasteiger partial charge in [-0.15, -0.1) is 0 Å². The molecule has 2 aromatic rings.